The van der Waals surface area contributed by atoms with Crippen LogP contribution in [0.15, 0.2) is 46.7 Å². The van der Waals surface area contributed by atoms with Gasteiger partial charge in [-0.3, -0.25) is 4.79 Å². The Kier molecular flexibility index (Phi) is 2.92. The molecule has 1 aliphatic heterocycles. The average molecular weight is 218 g/mol. The first-order valence-electron chi connectivity index (χ1n) is 4.58. The highest BCUT2D eigenvalue weighted by atomic mass is 32.2. The molecule has 0 unspecified atom stereocenters. The number of carbonyl (C=O) groups excluding carboxylic acids is 1. The Morgan fingerprint density at radius 2 is 2.13 bits per heavy atom. The number of benzene rings is 1. The second kappa shape index (κ2) is 4.36. The van der Waals surface area contributed by atoms with Crippen molar-refractivity contribution in [3.05, 3.63) is 47.4 Å². The third-order valence-corrected chi connectivity index (χ3v) is 2.83. The molecule has 0 aromatic heterocycles. The first-order valence-corrected chi connectivity index (χ1v) is 5.46. The van der Waals surface area contributed by atoms with E-state index in [4.69, 9.17) is 4.74 Å². The summed E-state index contributed by atoms with van der Waals surface area (Å²) >= 11 is 1.62. The first-order chi connectivity index (χ1) is 7.27. The Balaban J connectivity index is 2.43. The van der Waals surface area contributed by atoms with Crippen molar-refractivity contribution in [1.29, 1.82) is 0 Å². The Hall–Kier alpha value is -1.48. The molecule has 2 rings (SSSR count). The molecule has 2 nitrogen and oxygen atoms in total. The van der Waals surface area contributed by atoms with E-state index in [1.807, 2.05) is 35.7 Å². The molecule has 0 aliphatic carbocycles. The smallest absolute Gasteiger partial charge is 0.308 e. The molecule has 0 spiro atoms. The second-order valence-electron chi connectivity index (χ2n) is 3.07. The maximum atomic E-state index is 10.9. The fourth-order valence-corrected chi connectivity index (χ4v) is 2.10. The van der Waals surface area contributed by atoms with E-state index in [-0.39, 0.29) is 5.97 Å². The summed E-state index contributed by atoms with van der Waals surface area (Å²) in [7, 11) is 0. The molecule has 0 radical (unpaired) electrons. The molecule has 0 amide bonds. The van der Waals surface area contributed by atoms with Crippen molar-refractivity contribution in [2.45, 2.75) is 11.8 Å². The first kappa shape index (κ1) is 10.1. The number of carbonyl (C=O) groups is 1. The van der Waals surface area contributed by atoms with Crippen LogP contribution in [0.25, 0.3) is 5.76 Å². The summed E-state index contributed by atoms with van der Waals surface area (Å²) in [5.74, 6) is 0.315. The third kappa shape index (κ3) is 2.30. The van der Waals surface area contributed by atoms with Crippen molar-refractivity contribution in [2.24, 2.45) is 0 Å². The molecule has 3 heteroatoms. The Morgan fingerprint density at radius 1 is 1.33 bits per heavy atom. The summed E-state index contributed by atoms with van der Waals surface area (Å²) in [5.41, 5.74) is 0.961. The molecular formula is C12H10O2S. The summed E-state index contributed by atoms with van der Waals surface area (Å²) in [5, 5.41) is 1.97. The van der Waals surface area contributed by atoms with Crippen LogP contribution >= 0.6 is 11.8 Å². The van der Waals surface area contributed by atoms with Crippen LogP contribution in [0.5, 0.6) is 0 Å². The highest BCUT2D eigenvalue weighted by Gasteiger charge is 2.11. The maximum Gasteiger partial charge on any atom is 0.308 e. The summed E-state index contributed by atoms with van der Waals surface area (Å²) < 4.78 is 5.16. The zero-order valence-electron chi connectivity index (χ0n) is 8.27. The van der Waals surface area contributed by atoms with Crippen molar-refractivity contribution in [1.82, 2.24) is 0 Å². The monoisotopic (exact) mass is 218 g/mol. The number of fused-ring (bicyclic) bond motifs is 1. The van der Waals surface area contributed by atoms with Crippen molar-refractivity contribution < 1.29 is 9.53 Å². The van der Waals surface area contributed by atoms with Gasteiger partial charge in [-0.15, -0.1) is 0 Å². The van der Waals surface area contributed by atoms with Crippen LogP contribution in [0.4, 0.5) is 0 Å². The van der Waals surface area contributed by atoms with E-state index in [9.17, 15) is 4.79 Å². The zero-order valence-corrected chi connectivity index (χ0v) is 9.08. The molecule has 1 aliphatic rings. The molecule has 0 bridgehead atoms. The van der Waals surface area contributed by atoms with Crippen LogP contribution in [-0.4, -0.2) is 5.97 Å². The maximum absolute atomic E-state index is 10.9. The lowest BCUT2D eigenvalue weighted by molar-refractivity contribution is -0.134. The van der Waals surface area contributed by atoms with Crippen LogP contribution in [0, 0.1) is 0 Å². The van der Waals surface area contributed by atoms with Gasteiger partial charge in [0, 0.05) is 17.4 Å². The van der Waals surface area contributed by atoms with Crippen LogP contribution in [0.1, 0.15) is 12.5 Å². The standard InChI is InChI=1S/C12H10O2S/c1-9(13)14-11-6-4-8-15-12-7-3-2-5-10(11)12/h2-8H,1H3. The predicted molar refractivity (Wildman–Crippen MR) is 61.2 cm³/mol. The molecular weight excluding hydrogens is 208 g/mol. The van der Waals surface area contributed by atoms with E-state index in [1.165, 1.54) is 6.92 Å². The van der Waals surface area contributed by atoms with Gasteiger partial charge in [-0.2, -0.15) is 0 Å². The van der Waals surface area contributed by atoms with Gasteiger partial charge < -0.3 is 4.74 Å². The highest BCUT2D eigenvalue weighted by Crippen LogP contribution is 2.32. The predicted octanol–water partition coefficient (Wildman–Crippen LogP) is 3.21. The summed E-state index contributed by atoms with van der Waals surface area (Å²) in [4.78, 5) is 12.0. The molecule has 1 aromatic rings. The number of ether oxygens (including phenoxy) is 1. The number of hydrogen-bond donors (Lipinski definition) is 0. The van der Waals surface area contributed by atoms with Crippen molar-refractivity contribution in [3.63, 3.8) is 0 Å². The number of rotatable bonds is 1. The minimum atomic E-state index is -0.295. The number of hydrogen-bond acceptors (Lipinski definition) is 3. The lowest BCUT2D eigenvalue weighted by Gasteiger charge is -2.08. The molecule has 1 heterocycles. The van der Waals surface area contributed by atoms with Gasteiger partial charge in [0.2, 0.25) is 0 Å². The van der Waals surface area contributed by atoms with Gasteiger partial charge in [-0.25, -0.2) is 0 Å². The fourth-order valence-electron chi connectivity index (χ4n) is 1.35. The number of allylic oxidation sites excluding steroid dienone is 2. The third-order valence-electron chi connectivity index (χ3n) is 1.93. The minimum absolute atomic E-state index is 0.295. The number of thioether (sulfide) groups is 1. The molecule has 1 aromatic carbocycles. The summed E-state index contributed by atoms with van der Waals surface area (Å²) in [6, 6.07) is 7.86. The van der Waals surface area contributed by atoms with Gasteiger partial charge in [0.05, 0.1) is 0 Å². The van der Waals surface area contributed by atoms with E-state index < -0.39 is 0 Å². The van der Waals surface area contributed by atoms with E-state index in [0.29, 0.717) is 5.76 Å². The molecule has 0 N–H and O–H groups in total. The lowest BCUT2D eigenvalue weighted by Crippen LogP contribution is -1.98. The Morgan fingerprint density at radius 3 is 2.93 bits per heavy atom. The van der Waals surface area contributed by atoms with Crippen LogP contribution in [-0.2, 0) is 9.53 Å². The fraction of sp³-hybridized carbons (Fsp3) is 0.0833. The van der Waals surface area contributed by atoms with Gasteiger partial charge in [-0.05, 0) is 17.6 Å². The zero-order chi connectivity index (χ0) is 10.7. The van der Waals surface area contributed by atoms with E-state index in [2.05, 4.69) is 0 Å². The van der Waals surface area contributed by atoms with E-state index >= 15 is 0 Å². The number of esters is 1. The normalized spacial score (nSPS) is 13.8. The van der Waals surface area contributed by atoms with E-state index in [1.54, 1.807) is 17.8 Å². The minimum Gasteiger partial charge on any atom is -0.426 e. The van der Waals surface area contributed by atoms with Crippen LogP contribution in [0.3, 0.4) is 0 Å². The molecule has 76 valence electrons. The topological polar surface area (TPSA) is 26.3 Å². The van der Waals surface area contributed by atoms with Gasteiger partial charge in [0.25, 0.3) is 0 Å². The Bertz CT molecular complexity index is 447. The van der Waals surface area contributed by atoms with Crippen LogP contribution in [0.2, 0.25) is 0 Å². The molecule has 15 heavy (non-hydrogen) atoms. The average Bonchev–Trinajstić information content (AvgIpc) is 2.41. The molecule has 0 atom stereocenters. The Labute approximate surface area is 92.6 Å². The van der Waals surface area contributed by atoms with Crippen molar-refractivity contribution >= 4 is 23.5 Å². The van der Waals surface area contributed by atoms with Gasteiger partial charge in [0.1, 0.15) is 5.76 Å². The quantitative estimate of drug-likeness (QED) is 0.677. The largest absolute Gasteiger partial charge is 0.426 e. The molecule has 0 fully saturated rings. The lowest BCUT2D eigenvalue weighted by atomic mass is 10.2. The van der Waals surface area contributed by atoms with Gasteiger partial charge in [-0.1, -0.05) is 36.0 Å². The highest BCUT2D eigenvalue weighted by molar-refractivity contribution is 8.02. The summed E-state index contributed by atoms with van der Waals surface area (Å²) in [6.07, 6.45) is 3.68. The second-order valence-corrected chi connectivity index (χ2v) is 4.01. The van der Waals surface area contributed by atoms with Crippen LogP contribution < -0.4 is 0 Å². The molecule has 0 saturated carbocycles. The van der Waals surface area contributed by atoms with Crippen molar-refractivity contribution in [2.75, 3.05) is 0 Å². The SMILES string of the molecule is CC(=O)OC1=CC=CSc2ccccc21. The summed E-state index contributed by atoms with van der Waals surface area (Å²) in [6.45, 7) is 1.41. The molecule has 0 saturated heterocycles. The van der Waals surface area contributed by atoms with Gasteiger partial charge >= 0.3 is 5.97 Å². The van der Waals surface area contributed by atoms with Crippen molar-refractivity contribution in [3.8, 4) is 0 Å². The van der Waals surface area contributed by atoms with Gasteiger partial charge in [0.15, 0.2) is 0 Å². The van der Waals surface area contributed by atoms with E-state index in [0.717, 1.165) is 10.5 Å².